The highest BCUT2D eigenvalue weighted by Gasteiger charge is 2.28. The van der Waals surface area contributed by atoms with E-state index in [0.717, 1.165) is 18.4 Å². The number of hydrogen-bond acceptors (Lipinski definition) is 1. The Morgan fingerprint density at radius 3 is 2.32 bits per heavy atom. The highest BCUT2D eigenvalue weighted by atomic mass is 16.1. The van der Waals surface area contributed by atoms with E-state index >= 15 is 0 Å². The van der Waals surface area contributed by atoms with Crippen LogP contribution in [0.1, 0.15) is 84.1 Å². The minimum Gasteiger partial charge on any atom is -0.294 e. The molecular formula is C24H30O. The Morgan fingerprint density at radius 2 is 1.68 bits per heavy atom. The van der Waals surface area contributed by atoms with Crippen molar-refractivity contribution in [3.05, 3.63) is 69.8 Å². The third kappa shape index (κ3) is 3.42. The first-order valence-electron chi connectivity index (χ1n) is 9.63. The van der Waals surface area contributed by atoms with Crippen molar-refractivity contribution < 1.29 is 4.79 Å². The molecule has 0 N–H and O–H groups in total. The lowest BCUT2D eigenvalue weighted by Gasteiger charge is -2.25. The second-order valence-corrected chi connectivity index (χ2v) is 8.08. The summed E-state index contributed by atoms with van der Waals surface area (Å²) in [5, 5.41) is 0. The van der Waals surface area contributed by atoms with Crippen LogP contribution in [0, 0.1) is 12.8 Å². The summed E-state index contributed by atoms with van der Waals surface area (Å²) in [7, 11) is 0. The summed E-state index contributed by atoms with van der Waals surface area (Å²) in [6.45, 7) is 11.4. The molecule has 0 radical (unpaired) electrons. The first kappa shape index (κ1) is 17.9. The van der Waals surface area contributed by atoms with Crippen LogP contribution in [-0.4, -0.2) is 5.78 Å². The largest absolute Gasteiger partial charge is 0.294 e. The number of benzene rings is 2. The molecule has 2 unspecified atom stereocenters. The fourth-order valence-electron chi connectivity index (χ4n) is 4.35. The molecule has 1 aliphatic carbocycles. The molecule has 0 aromatic heterocycles. The second kappa shape index (κ2) is 7.15. The van der Waals surface area contributed by atoms with Gasteiger partial charge >= 0.3 is 0 Å². The van der Waals surface area contributed by atoms with Crippen molar-refractivity contribution >= 4 is 5.78 Å². The topological polar surface area (TPSA) is 17.1 Å². The van der Waals surface area contributed by atoms with E-state index in [-0.39, 0.29) is 0 Å². The summed E-state index contributed by atoms with van der Waals surface area (Å²) in [6, 6.07) is 13.1. The lowest BCUT2D eigenvalue weighted by molar-refractivity contribution is 0.0993. The van der Waals surface area contributed by atoms with Crippen molar-refractivity contribution in [3.63, 3.8) is 0 Å². The minimum absolute atomic E-state index is 0.351. The molecule has 1 heteroatoms. The monoisotopic (exact) mass is 334 g/mol. The Labute approximate surface area is 152 Å². The van der Waals surface area contributed by atoms with Gasteiger partial charge in [0, 0.05) is 12.0 Å². The van der Waals surface area contributed by atoms with E-state index < -0.39 is 0 Å². The van der Waals surface area contributed by atoms with Gasteiger partial charge in [0.2, 0.25) is 0 Å². The van der Waals surface area contributed by atoms with Crippen molar-refractivity contribution in [1.29, 1.82) is 0 Å². The molecule has 0 spiro atoms. The van der Waals surface area contributed by atoms with Gasteiger partial charge in [-0.15, -0.1) is 0 Å². The maximum absolute atomic E-state index is 12.5. The summed E-state index contributed by atoms with van der Waals surface area (Å²) >= 11 is 0. The molecule has 132 valence electrons. The standard InChI is InChI=1S/C24H30O/c1-15(2)23-21(17(4)13-20-11-12-22(25)24(20)23)14-16(3)18(5)19-9-7-6-8-10-19/h6-10,13,15-16,18H,11-12,14H2,1-5H3. The second-order valence-electron chi connectivity index (χ2n) is 8.08. The fraction of sp³-hybridized carbons (Fsp3) is 0.458. The summed E-state index contributed by atoms with van der Waals surface area (Å²) in [5.41, 5.74) is 7.83. The molecule has 0 fully saturated rings. The predicted octanol–water partition coefficient (Wildman–Crippen LogP) is 6.23. The third-order valence-electron chi connectivity index (χ3n) is 5.96. The Kier molecular flexibility index (Phi) is 5.13. The molecule has 0 saturated carbocycles. The van der Waals surface area contributed by atoms with E-state index in [1.54, 1.807) is 0 Å². The van der Waals surface area contributed by atoms with E-state index in [9.17, 15) is 4.79 Å². The average Bonchev–Trinajstić information content (AvgIpc) is 2.95. The molecule has 1 nitrogen and oxygen atoms in total. The van der Waals surface area contributed by atoms with Crippen LogP contribution in [-0.2, 0) is 12.8 Å². The van der Waals surface area contributed by atoms with Crippen LogP contribution in [0.4, 0.5) is 0 Å². The zero-order valence-corrected chi connectivity index (χ0v) is 16.2. The Balaban J connectivity index is 1.97. The number of carbonyl (C=O) groups is 1. The van der Waals surface area contributed by atoms with Crippen molar-refractivity contribution in [2.24, 2.45) is 5.92 Å². The van der Waals surface area contributed by atoms with E-state index in [4.69, 9.17) is 0 Å². The summed E-state index contributed by atoms with van der Waals surface area (Å²) in [4.78, 5) is 12.5. The van der Waals surface area contributed by atoms with Crippen molar-refractivity contribution in [2.75, 3.05) is 0 Å². The zero-order chi connectivity index (χ0) is 18.1. The lowest BCUT2D eigenvalue weighted by Crippen LogP contribution is -2.15. The molecule has 25 heavy (non-hydrogen) atoms. The summed E-state index contributed by atoms with van der Waals surface area (Å²) in [6.07, 6.45) is 2.65. The van der Waals surface area contributed by atoms with Crippen LogP contribution < -0.4 is 0 Å². The maximum Gasteiger partial charge on any atom is 0.163 e. The Bertz CT molecular complexity index is 770. The van der Waals surface area contributed by atoms with Gasteiger partial charge in [-0.05, 0) is 65.3 Å². The molecule has 0 bridgehead atoms. The quantitative estimate of drug-likeness (QED) is 0.633. The van der Waals surface area contributed by atoms with E-state index in [2.05, 4.69) is 71.0 Å². The van der Waals surface area contributed by atoms with Crippen LogP contribution in [0.15, 0.2) is 36.4 Å². The van der Waals surface area contributed by atoms with Crippen LogP contribution >= 0.6 is 0 Å². The maximum atomic E-state index is 12.5. The SMILES string of the molecule is Cc1cc2c(c(C(C)C)c1CC(C)C(C)c1ccccc1)C(=O)CC2. The van der Waals surface area contributed by atoms with Crippen LogP contribution in [0.2, 0.25) is 0 Å². The fourth-order valence-corrected chi connectivity index (χ4v) is 4.35. The number of ketones is 1. The van der Waals surface area contributed by atoms with Crippen molar-refractivity contribution in [1.82, 2.24) is 0 Å². The molecule has 0 amide bonds. The lowest BCUT2D eigenvalue weighted by atomic mass is 9.79. The number of fused-ring (bicyclic) bond motifs is 1. The number of hydrogen-bond donors (Lipinski definition) is 0. The van der Waals surface area contributed by atoms with Gasteiger partial charge in [0.1, 0.15) is 0 Å². The van der Waals surface area contributed by atoms with E-state index in [0.29, 0.717) is 30.0 Å². The van der Waals surface area contributed by atoms with Gasteiger partial charge in [-0.3, -0.25) is 4.79 Å². The predicted molar refractivity (Wildman–Crippen MR) is 106 cm³/mol. The van der Waals surface area contributed by atoms with Gasteiger partial charge in [0.05, 0.1) is 0 Å². The molecule has 0 saturated heterocycles. The minimum atomic E-state index is 0.351. The third-order valence-corrected chi connectivity index (χ3v) is 5.96. The number of rotatable bonds is 5. The first-order valence-corrected chi connectivity index (χ1v) is 9.63. The normalized spacial score (nSPS) is 16.2. The molecule has 1 aliphatic rings. The van der Waals surface area contributed by atoms with Crippen molar-refractivity contribution in [3.8, 4) is 0 Å². The number of aryl methyl sites for hydroxylation is 2. The molecular weight excluding hydrogens is 304 g/mol. The first-order chi connectivity index (χ1) is 11.9. The van der Waals surface area contributed by atoms with Gasteiger partial charge in [-0.25, -0.2) is 0 Å². The van der Waals surface area contributed by atoms with Crippen LogP contribution in [0.5, 0.6) is 0 Å². The van der Waals surface area contributed by atoms with E-state index in [1.165, 1.54) is 27.8 Å². The highest BCUT2D eigenvalue weighted by molar-refractivity contribution is 6.02. The van der Waals surface area contributed by atoms with E-state index in [1.807, 2.05) is 0 Å². The zero-order valence-electron chi connectivity index (χ0n) is 16.2. The summed E-state index contributed by atoms with van der Waals surface area (Å²) < 4.78 is 0. The summed E-state index contributed by atoms with van der Waals surface area (Å²) in [5.74, 6) is 1.78. The molecule has 2 atom stereocenters. The van der Waals surface area contributed by atoms with Gasteiger partial charge in [0.15, 0.2) is 5.78 Å². The van der Waals surface area contributed by atoms with Gasteiger partial charge in [-0.2, -0.15) is 0 Å². The van der Waals surface area contributed by atoms with Crippen LogP contribution in [0.25, 0.3) is 0 Å². The van der Waals surface area contributed by atoms with Gasteiger partial charge in [0.25, 0.3) is 0 Å². The smallest absolute Gasteiger partial charge is 0.163 e. The number of carbonyl (C=O) groups excluding carboxylic acids is 1. The highest BCUT2D eigenvalue weighted by Crippen LogP contribution is 2.37. The van der Waals surface area contributed by atoms with Crippen molar-refractivity contribution in [2.45, 2.75) is 65.7 Å². The average molecular weight is 335 g/mol. The molecule has 2 aromatic rings. The Morgan fingerprint density at radius 1 is 1.00 bits per heavy atom. The Hall–Kier alpha value is -1.89. The van der Waals surface area contributed by atoms with Gasteiger partial charge < -0.3 is 0 Å². The molecule has 2 aromatic carbocycles. The molecule has 3 rings (SSSR count). The number of Topliss-reactive ketones (excluding diaryl/α,β-unsaturated/α-hetero) is 1. The molecule has 0 aliphatic heterocycles. The molecule has 0 heterocycles. The van der Waals surface area contributed by atoms with Gasteiger partial charge in [-0.1, -0.05) is 64.1 Å². The van der Waals surface area contributed by atoms with Crippen LogP contribution in [0.3, 0.4) is 0 Å².